The Morgan fingerprint density at radius 3 is 3.00 bits per heavy atom. The van der Waals surface area contributed by atoms with Gasteiger partial charge < -0.3 is 14.3 Å². The zero-order chi connectivity index (χ0) is 9.26. The Morgan fingerprint density at radius 1 is 1.46 bits per heavy atom. The second-order valence-corrected chi connectivity index (χ2v) is 2.75. The molecule has 0 unspecified atom stereocenters. The molecule has 0 saturated heterocycles. The molecule has 0 aliphatic rings. The number of methoxy groups -OCH3 is 1. The highest BCUT2D eigenvalue weighted by molar-refractivity contribution is 5.83. The van der Waals surface area contributed by atoms with Crippen LogP contribution in [-0.2, 0) is 6.61 Å². The van der Waals surface area contributed by atoms with Crippen molar-refractivity contribution in [3.05, 3.63) is 30.0 Å². The van der Waals surface area contributed by atoms with Gasteiger partial charge in [0.25, 0.3) is 0 Å². The van der Waals surface area contributed by atoms with Crippen LogP contribution in [0, 0.1) is 0 Å². The van der Waals surface area contributed by atoms with E-state index in [0.29, 0.717) is 17.1 Å². The quantitative estimate of drug-likeness (QED) is 0.764. The van der Waals surface area contributed by atoms with Crippen molar-refractivity contribution in [1.29, 1.82) is 0 Å². The summed E-state index contributed by atoms with van der Waals surface area (Å²) in [5.74, 6) is 1.25. The van der Waals surface area contributed by atoms with Crippen LogP contribution < -0.4 is 4.74 Å². The maximum atomic E-state index is 8.87. The van der Waals surface area contributed by atoms with Crippen molar-refractivity contribution < 1.29 is 14.3 Å². The van der Waals surface area contributed by atoms with Gasteiger partial charge in [-0.15, -0.1) is 0 Å². The number of fused-ring (bicyclic) bond motifs is 1. The van der Waals surface area contributed by atoms with Crippen LogP contribution >= 0.6 is 0 Å². The number of benzene rings is 1. The fourth-order valence-corrected chi connectivity index (χ4v) is 1.33. The molecule has 0 aliphatic carbocycles. The molecule has 0 radical (unpaired) electrons. The number of hydrogen-bond donors (Lipinski definition) is 1. The van der Waals surface area contributed by atoms with Gasteiger partial charge in [0.15, 0.2) is 11.3 Å². The molecule has 3 nitrogen and oxygen atoms in total. The minimum absolute atomic E-state index is 0.0855. The lowest BCUT2D eigenvalue weighted by Crippen LogP contribution is -1.81. The van der Waals surface area contributed by atoms with Crippen molar-refractivity contribution in [3.63, 3.8) is 0 Å². The van der Waals surface area contributed by atoms with Crippen LogP contribution in [0.5, 0.6) is 5.75 Å². The molecule has 1 N–H and O–H groups in total. The third kappa shape index (κ3) is 1.27. The molecular weight excluding hydrogens is 168 g/mol. The zero-order valence-corrected chi connectivity index (χ0v) is 7.28. The number of ether oxygens (including phenoxy) is 1. The van der Waals surface area contributed by atoms with Gasteiger partial charge in [0.2, 0.25) is 0 Å². The fourth-order valence-electron chi connectivity index (χ4n) is 1.33. The Kier molecular flexibility index (Phi) is 1.94. The monoisotopic (exact) mass is 178 g/mol. The standard InChI is InChI=1S/C10H10O3/c1-12-9-4-2-3-7-5-8(6-11)13-10(7)9/h2-5,11H,6H2,1H3. The molecule has 0 bridgehead atoms. The second kappa shape index (κ2) is 3.11. The van der Waals surface area contributed by atoms with Crippen molar-refractivity contribution in [2.24, 2.45) is 0 Å². The SMILES string of the molecule is COc1cccc2cc(CO)oc12. The summed E-state index contributed by atoms with van der Waals surface area (Å²) < 4.78 is 10.5. The van der Waals surface area contributed by atoms with E-state index in [1.165, 1.54) is 0 Å². The van der Waals surface area contributed by atoms with Crippen LogP contribution in [-0.4, -0.2) is 12.2 Å². The summed E-state index contributed by atoms with van der Waals surface area (Å²) in [6.07, 6.45) is 0. The second-order valence-electron chi connectivity index (χ2n) is 2.75. The van der Waals surface area contributed by atoms with Gasteiger partial charge in [0, 0.05) is 5.39 Å². The van der Waals surface area contributed by atoms with Crippen molar-refractivity contribution in [2.75, 3.05) is 7.11 Å². The molecular formula is C10H10O3. The molecule has 2 rings (SSSR count). The maximum absolute atomic E-state index is 8.87. The average Bonchev–Trinajstić information content (AvgIpc) is 2.59. The van der Waals surface area contributed by atoms with Crippen LogP contribution in [0.1, 0.15) is 5.76 Å². The average molecular weight is 178 g/mol. The van der Waals surface area contributed by atoms with E-state index < -0.39 is 0 Å². The molecule has 68 valence electrons. The molecule has 3 heteroatoms. The minimum Gasteiger partial charge on any atom is -0.493 e. The number of hydrogen-bond acceptors (Lipinski definition) is 3. The van der Waals surface area contributed by atoms with Crippen molar-refractivity contribution in [3.8, 4) is 5.75 Å². The minimum atomic E-state index is -0.0855. The lowest BCUT2D eigenvalue weighted by molar-refractivity contribution is 0.250. The first-order valence-electron chi connectivity index (χ1n) is 4.01. The van der Waals surface area contributed by atoms with Gasteiger partial charge in [0.05, 0.1) is 7.11 Å². The highest BCUT2D eigenvalue weighted by atomic mass is 16.5. The largest absolute Gasteiger partial charge is 0.493 e. The molecule has 0 saturated carbocycles. The molecule has 0 atom stereocenters. The van der Waals surface area contributed by atoms with Gasteiger partial charge in [-0.3, -0.25) is 0 Å². The molecule has 0 aliphatic heterocycles. The van der Waals surface area contributed by atoms with Gasteiger partial charge in [-0.05, 0) is 12.1 Å². The Labute approximate surface area is 75.5 Å². The predicted octanol–water partition coefficient (Wildman–Crippen LogP) is 1.93. The first kappa shape index (κ1) is 8.13. The van der Waals surface area contributed by atoms with Crippen LogP contribution in [0.25, 0.3) is 11.0 Å². The number of rotatable bonds is 2. The van der Waals surface area contributed by atoms with E-state index in [1.54, 1.807) is 13.2 Å². The van der Waals surface area contributed by atoms with Crippen molar-refractivity contribution in [1.82, 2.24) is 0 Å². The summed E-state index contributed by atoms with van der Waals surface area (Å²) in [5, 5.41) is 9.82. The highest BCUT2D eigenvalue weighted by Crippen LogP contribution is 2.28. The van der Waals surface area contributed by atoms with Crippen molar-refractivity contribution >= 4 is 11.0 Å². The molecule has 13 heavy (non-hydrogen) atoms. The van der Waals surface area contributed by atoms with E-state index in [-0.39, 0.29) is 6.61 Å². The highest BCUT2D eigenvalue weighted by Gasteiger charge is 2.06. The summed E-state index contributed by atoms with van der Waals surface area (Å²) in [6.45, 7) is -0.0855. The van der Waals surface area contributed by atoms with Crippen molar-refractivity contribution in [2.45, 2.75) is 6.61 Å². The Hall–Kier alpha value is -1.48. The van der Waals surface area contributed by atoms with Crippen LogP contribution in [0.4, 0.5) is 0 Å². The van der Waals surface area contributed by atoms with Crippen LogP contribution in [0.15, 0.2) is 28.7 Å². The molecule has 0 amide bonds. The third-order valence-corrected chi connectivity index (χ3v) is 1.93. The molecule has 1 aromatic heterocycles. The number of aliphatic hydroxyl groups is 1. The normalized spacial score (nSPS) is 10.6. The lowest BCUT2D eigenvalue weighted by atomic mass is 10.2. The zero-order valence-electron chi connectivity index (χ0n) is 7.28. The first-order chi connectivity index (χ1) is 6.35. The number of aliphatic hydroxyl groups excluding tert-OH is 1. The van der Waals surface area contributed by atoms with E-state index >= 15 is 0 Å². The van der Waals surface area contributed by atoms with E-state index in [2.05, 4.69) is 0 Å². The predicted molar refractivity (Wildman–Crippen MR) is 48.7 cm³/mol. The fraction of sp³-hybridized carbons (Fsp3) is 0.200. The Balaban J connectivity index is 2.67. The van der Waals surface area contributed by atoms with E-state index in [9.17, 15) is 0 Å². The summed E-state index contributed by atoms with van der Waals surface area (Å²) in [6, 6.07) is 7.43. The smallest absolute Gasteiger partial charge is 0.176 e. The molecule has 1 aromatic carbocycles. The van der Waals surface area contributed by atoms with Gasteiger partial charge in [0.1, 0.15) is 12.4 Å². The molecule has 0 spiro atoms. The number of furan rings is 1. The first-order valence-corrected chi connectivity index (χ1v) is 4.01. The summed E-state index contributed by atoms with van der Waals surface area (Å²) in [7, 11) is 1.59. The van der Waals surface area contributed by atoms with Crippen LogP contribution in [0.2, 0.25) is 0 Å². The van der Waals surface area contributed by atoms with Gasteiger partial charge in [-0.25, -0.2) is 0 Å². The van der Waals surface area contributed by atoms with Gasteiger partial charge >= 0.3 is 0 Å². The van der Waals surface area contributed by atoms with E-state index in [1.807, 2.05) is 18.2 Å². The van der Waals surface area contributed by atoms with E-state index in [0.717, 1.165) is 5.39 Å². The lowest BCUT2D eigenvalue weighted by Gasteiger charge is -1.98. The van der Waals surface area contributed by atoms with Gasteiger partial charge in [-0.2, -0.15) is 0 Å². The molecule has 0 fully saturated rings. The maximum Gasteiger partial charge on any atom is 0.176 e. The summed E-state index contributed by atoms with van der Waals surface area (Å²) in [4.78, 5) is 0. The van der Waals surface area contributed by atoms with E-state index in [4.69, 9.17) is 14.3 Å². The summed E-state index contributed by atoms with van der Waals surface area (Å²) >= 11 is 0. The number of para-hydroxylation sites is 1. The summed E-state index contributed by atoms with van der Waals surface area (Å²) in [5.41, 5.74) is 0.689. The third-order valence-electron chi connectivity index (χ3n) is 1.93. The van der Waals surface area contributed by atoms with Crippen LogP contribution in [0.3, 0.4) is 0 Å². The van der Waals surface area contributed by atoms with Gasteiger partial charge in [-0.1, -0.05) is 12.1 Å². The topological polar surface area (TPSA) is 42.6 Å². The molecule has 1 heterocycles. The Morgan fingerprint density at radius 2 is 2.31 bits per heavy atom. The Bertz CT molecular complexity index is 417. The molecule has 2 aromatic rings.